The van der Waals surface area contributed by atoms with Crippen LogP contribution in [0.15, 0.2) is 18.5 Å². The lowest BCUT2D eigenvalue weighted by molar-refractivity contribution is -0.129. The fourth-order valence-corrected chi connectivity index (χ4v) is 8.51. The quantitative estimate of drug-likeness (QED) is 0.575. The van der Waals surface area contributed by atoms with E-state index in [-0.39, 0.29) is 11.9 Å². The van der Waals surface area contributed by atoms with Crippen molar-refractivity contribution in [3.8, 4) is 0 Å². The maximum atomic E-state index is 13.6. The first-order valence-corrected chi connectivity index (χ1v) is 12.9. The van der Waals surface area contributed by atoms with Crippen LogP contribution in [0.4, 0.5) is 5.69 Å². The van der Waals surface area contributed by atoms with Crippen LogP contribution >= 0.6 is 0 Å². The molecule has 4 heterocycles. The Morgan fingerprint density at radius 1 is 1.15 bits per heavy atom. The zero-order valence-corrected chi connectivity index (χ0v) is 19.4. The van der Waals surface area contributed by atoms with Crippen molar-refractivity contribution in [2.24, 2.45) is 17.8 Å². The van der Waals surface area contributed by atoms with Crippen molar-refractivity contribution in [1.29, 1.82) is 0 Å². The first-order chi connectivity index (χ1) is 16.0. The second kappa shape index (κ2) is 7.19. The van der Waals surface area contributed by atoms with Gasteiger partial charge < -0.3 is 25.6 Å². The van der Waals surface area contributed by atoms with Gasteiger partial charge in [-0.15, -0.1) is 0 Å². The number of aromatic nitrogens is 2. The Morgan fingerprint density at radius 2 is 1.88 bits per heavy atom. The number of nitrogens with zero attached hydrogens (tertiary/aromatic N) is 2. The lowest BCUT2D eigenvalue weighted by Gasteiger charge is -2.58. The van der Waals surface area contributed by atoms with Gasteiger partial charge in [0, 0.05) is 41.9 Å². The molecule has 2 aromatic heterocycles. The molecule has 5 atom stereocenters. The van der Waals surface area contributed by atoms with Gasteiger partial charge in [0.25, 0.3) is 5.91 Å². The van der Waals surface area contributed by atoms with Gasteiger partial charge in [0.1, 0.15) is 5.65 Å². The standard InChI is InChI=1S/C26H35N5O2/c1-31-18-2-3-19(31)9-17(8-18)29-25(32)21-13-28-24-20(4-5-27-24)23(21)30-22-15-6-14-7-16(22)12-26(33,10-14)11-15/h4-5,13-19,22,33H,2-3,6-12H2,1H3,(H,29,32)(H2,27,28,30)/t14?,15?,16?,17?,18-,19+,22?,26?. The van der Waals surface area contributed by atoms with Crippen LogP contribution in [0.1, 0.15) is 68.1 Å². The molecule has 6 aliphatic rings. The Kier molecular flexibility index (Phi) is 4.42. The number of anilines is 1. The summed E-state index contributed by atoms with van der Waals surface area (Å²) in [5.74, 6) is 1.61. The number of amides is 1. The smallest absolute Gasteiger partial charge is 0.255 e. The number of carbonyl (C=O) groups excluding carboxylic acids is 1. The van der Waals surface area contributed by atoms with E-state index in [0.717, 1.165) is 48.8 Å². The predicted octanol–water partition coefficient (Wildman–Crippen LogP) is 3.27. The van der Waals surface area contributed by atoms with Gasteiger partial charge in [-0.2, -0.15) is 0 Å². The number of hydrogen-bond donors (Lipinski definition) is 4. The van der Waals surface area contributed by atoms with E-state index in [2.05, 4.69) is 32.5 Å². The van der Waals surface area contributed by atoms with Gasteiger partial charge in [-0.25, -0.2) is 4.98 Å². The number of pyridine rings is 1. The number of fused-ring (bicyclic) bond motifs is 3. The van der Waals surface area contributed by atoms with Crippen LogP contribution in [-0.4, -0.2) is 62.7 Å². The molecule has 7 nitrogen and oxygen atoms in total. The van der Waals surface area contributed by atoms with Crippen molar-refractivity contribution in [2.45, 2.75) is 87.6 Å². The molecule has 0 spiro atoms. The molecule has 4 N–H and O–H groups in total. The van der Waals surface area contributed by atoms with Gasteiger partial charge in [0.15, 0.2) is 0 Å². The van der Waals surface area contributed by atoms with Crippen LogP contribution in [0.3, 0.4) is 0 Å². The van der Waals surface area contributed by atoms with Crippen LogP contribution < -0.4 is 10.6 Å². The van der Waals surface area contributed by atoms with Crippen molar-refractivity contribution in [2.75, 3.05) is 12.4 Å². The summed E-state index contributed by atoms with van der Waals surface area (Å²) in [6.07, 6.45) is 13.3. The maximum absolute atomic E-state index is 13.6. The molecular formula is C26H35N5O2. The van der Waals surface area contributed by atoms with Gasteiger partial charge in [0.2, 0.25) is 0 Å². The Bertz CT molecular complexity index is 1070. The average molecular weight is 450 g/mol. The minimum atomic E-state index is -0.454. The summed E-state index contributed by atoms with van der Waals surface area (Å²) in [6, 6.07) is 3.76. The van der Waals surface area contributed by atoms with Crippen LogP contribution in [0.5, 0.6) is 0 Å². The summed E-state index contributed by atoms with van der Waals surface area (Å²) in [5, 5.41) is 19.2. The van der Waals surface area contributed by atoms with E-state index < -0.39 is 5.60 Å². The highest BCUT2D eigenvalue weighted by Crippen LogP contribution is 2.56. The molecule has 3 unspecified atom stereocenters. The number of carbonyl (C=O) groups is 1. The highest BCUT2D eigenvalue weighted by Gasteiger charge is 2.55. The molecule has 6 bridgehead atoms. The normalized spacial score (nSPS) is 41.6. The number of nitrogens with one attached hydrogen (secondary N) is 3. The minimum absolute atomic E-state index is 0.00972. The van der Waals surface area contributed by atoms with Crippen LogP contribution in [0.2, 0.25) is 0 Å². The fraction of sp³-hybridized carbons (Fsp3) is 0.692. The van der Waals surface area contributed by atoms with Gasteiger partial charge in [-0.1, -0.05) is 0 Å². The molecule has 2 aliphatic heterocycles. The second-order valence-electron chi connectivity index (χ2n) is 11.8. The molecule has 4 saturated carbocycles. The van der Waals surface area contributed by atoms with Crippen molar-refractivity contribution >= 4 is 22.6 Å². The molecule has 6 fully saturated rings. The molecule has 7 heteroatoms. The van der Waals surface area contributed by atoms with E-state index >= 15 is 0 Å². The van der Waals surface area contributed by atoms with E-state index in [1.54, 1.807) is 6.20 Å². The van der Waals surface area contributed by atoms with Crippen LogP contribution in [0, 0.1) is 17.8 Å². The zero-order valence-electron chi connectivity index (χ0n) is 19.4. The van der Waals surface area contributed by atoms with E-state index in [4.69, 9.17) is 0 Å². The number of hydrogen-bond acceptors (Lipinski definition) is 5. The summed E-state index contributed by atoms with van der Waals surface area (Å²) in [6.45, 7) is 0. The molecule has 4 aliphatic carbocycles. The molecule has 33 heavy (non-hydrogen) atoms. The Labute approximate surface area is 194 Å². The maximum Gasteiger partial charge on any atom is 0.255 e. The molecule has 2 saturated heterocycles. The molecular weight excluding hydrogens is 414 g/mol. The Balaban J connectivity index is 1.17. The first-order valence-electron chi connectivity index (χ1n) is 12.9. The van der Waals surface area contributed by atoms with E-state index in [0.29, 0.717) is 41.4 Å². The summed E-state index contributed by atoms with van der Waals surface area (Å²) in [4.78, 5) is 23.8. The highest BCUT2D eigenvalue weighted by molar-refractivity contribution is 6.06. The average Bonchev–Trinajstić information content (AvgIpc) is 3.30. The van der Waals surface area contributed by atoms with Crippen molar-refractivity contribution in [3.63, 3.8) is 0 Å². The molecule has 8 rings (SSSR count). The summed E-state index contributed by atoms with van der Waals surface area (Å²) >= 11 is 0. The molecule has 1 amide bonds. The monoisotopic (exact) mass is 449 g/mol. The topological polar surface area (TPSA) is 93.3 Å². The predicted molar refractivity (Wildman–Crippen MR) is 127 cm³/mol. The van der Waals surface area contributed by atoms with Gasteiger partial charge in [-0.3, -0.25) is 4.79 Å². The van der Waals surface area contributed by atoms with E-state index in [1.807, 2.05) is 12.3 Å². The number of aromatic amines is 1. The van der Waals surface area contributed by atoms with Gasteiger partial charge in [-0.05, 0) is 88.7 Å². The van der Waals surface area contributed by atoms with Crippen LogP contribution in [-0.2, 0) is 0 Å². The van der Waals surface area contributed by atoms with E-state index in [1.165, 1.54) is 25.7 Å². The Morgan fingerprint density at radius 3 is 2.58 bits per heavy atom. The molecule has 0 radical (unpaired) electrons. The van der Waals surface area contributed by atoms with E-state index in [9.17, 15) is 9.90 Å². The zero-order chi connectivity index (χ0) is 22.3. The molecule has 2 aromatic rings. The number of rotatable bonds is 4. The third-order valence-electron chi connectivity index (χ3n) is 9.82. The lowest BCUT2D eigenvalue weighted by atomic mass is 9.52. The molecule has 176 valence electrons. The van der Waals surface area contributed by atoms with Crippen molar-refractivity contribution in [3.05, 3.63) is 24.0 Å². The van der Waals surface area contributed by atoms with Crippen molar-refractivity contribution in [1.82, 2.24) is 20.2 Å². The minimum Gasteiger partial charge on any atom is -0.390 e. The summed E-state index contributed by atoms with van der Waals surface area (Å²) in [5.41, 5.74) is 1.93. The summed E-state index contributed by atoms with van der Waals surface area (Å²) in [7, 11) is 2.23. The highest BCUT2D eigenvalue weighted by atomic mass is 16.3. The Hall–Kier alpha value is -2.12. The van der Waals surface area contributed by atoms with Crippen LogP contribution in [0.25, 0.3) is 11.0 Å². The third-order valence-corrected chi connectivity index (χ3v) is 9.82. The lowest BCUT2D eigenvalue weighted by Crippen LogP contribution is -2.59. The first kappa shape index (κ1) is 20.3. The summed E-state index contributed by atoms with van der Waals surface area (Å²) < 4.78 is 0. The molecule has 0 aromatic carbocycles. The third kappa shape index (κ3) is 3.22. The number of aliphatic hydroxyl groups is 1. The number of H-pyrrole nitrogens is 1. The van der Waals surface area contributed by atoms with Gasteiger partial charge in [0.05, 0.1) is 16.9 Å². The van der Waals surface area contributed by atoms with Crippen molar-refractivity contribution < 1.29 is 9.90 Å². The van der Waals surface area contributed by atoms with Gasteiger partial charge >= 0.3 is 0 Å². The fourth-order valence-electron chi connectivity index (χ4n) is 8.51. The largest absolute Gasteiger partial charge is 0.390 e. The SMILES string of the molecule is CN1[C@@H]2CC[C@H]1CC(NC(=O)c1cnc3[nH]ccc3c1NC1C3CC4CC1CC(O)(C4)C3)C2. The second-order valence-corrected chi connectivity index (χ2v) is 11.8. The number of piperidine rings is 1.